The third-order valence-electron chi connectivity index (χ3n) is 10.3. The molecule has 11 aromatic rings. The van der Waals surface area contributed by atoms with Gasteiger partial charge in [0.25, 0.3) is 0 Å². The number of benzene rings is 8. The van der Waals surface area contributed by atoms with Gasteiger partial charge in [-0.2, -0.15) is 0 Å². The molecule has 0 aliphatic heterocycles. The molecule has 0 N–H and O–H groups in total. The lowest BCUT2D eigenvalue weighted by molar-refractivity contribution is 0.669. The van der Waals surface area contributed by atoms with E-state index in [9.17, 15) is 0 Å². The van der Waals surface area contributed by atoms with E-state index in [1.54, 1.807) is 0 Å². The molecule has 0 aliphatic carbocycles. The molecule has 0 saturated heterocycles. The van der Waals surface area contributed by atoms with Crippen LogP contribution in [0.25, 0.3) is 86.3 Å². The summed E-state index contributed by atoms with van der Waals surface area (Å²) in [6.07, 6.45) is 0. The maximum Gasteiger partial charge on any atom is 0.145 e. The van der Waals surface area contributed by atoms with E-state index in [-0.39, 0.29) is 0 Å². The van der Waals surface area contributed by atoms with Gasteiger partial charge in [-0.05, 0) is 59.7 Å². The summed E-state index contributed by atoms with van der Waals surface area (Å²) in [5.41, 5.74) is 11.1. The van der Waals surface area contributed by atoms with Gasteiger partial charge in [0.1, 0.15) is 22.3 Å². The van der Waals surface area contributed by atoms with E-state index in [0.29, 0.717) is 0 Å². The van der Waals surface area contributed by atoms with Crippen molar-refractivity contribution >= 4 is 92.4 Å². The molecule has 3 heterocycles. The van der Waals surface area contributed by atoms with Gasteiger partial charge in [-0.25, -0.2) is 0 Å². The molecular formula is C48H29NO2S. The molecule has 52 heavy (non-hydrogen) atoms. The Kier molecular flexibility index (Phi) is 6.42. The first-order valence-electron chi connectivity index (χ1n) is 17.5. The van der Waals surface area contributed by atoms with Crippen LogP contribution in [0.5, 0.6) is 0 Å². The van der Waals surface area contributed by atoms with Crippen LogP contribution in [-0.2, 0) is 0 Å². The summed E-state index contributed by atoms with van der Waals surface area (Å²) < 4.78 is 15.9. The van der Waals surface area contributed by atoms with Crippen LogP contribution in [0.3, 0.4) is 0 Å². The third kappa shape index (κ3) is 4.31. The maximum absolute atomic E-state index is 6.86. The molecule has 0 radical (unpaired) electrons. The molecule has 8 aromatic carbocycles. The van der Waals surface area contributed by atoms with Gasteiger partial charge in [0.15, 0.2) is 0 Å². The van der Waals surface area contributed by atoms with Gasteiger partial charge in [-0.1, -0.05) is 127 Å². The number of hydrogen-bond donors (Lipinski definition) is 0. The van der Waals surface area contributed by atoms with E-state index in [0.717, 1.165) is 83.2 Å². The minimum Gasteiger partial charge on any atom is -0.456 e. The summed E-state index contributed by atoms with van der Waals surface area (Å²) in [5.74, 6) is 0. The first-order valence-corrected chi connectivity index (χ1v) is 18.3. The number of anilines is 3. The fourth-order valence-corrected chi connectivity index (χ4v) is 9.14. The SMILES string of the molecule is c1ccc(-c2ccc3sc4ccccc4c3c2N(c2cccc3oc4ccccc4c23)c2ccc(-c3ccccc3)c3oc4ccccc4c23)cc1. The number of para-hydroxylation sites is 2. The molecule has 3 aromatic heterocycles. The molecule has 0 spiro atoms. The molecule has 0 unspecified atom stereocenters. The smallest absolute Gasteiger partial charge is 0.145 e. The van der Waals surface area contributed by atoms with Gasteiger partial charge >= 0.3 is 0 Å². The van der Waals surface area contributed by atoms with Gasteiger partial charge in [0.05, 0.1) is 27.8 Å². The largest absolute Gasteiger partial charge is 0.456 e. The molecule has 0 fully saturated rings. The molecule has 11 rings (SSSR count). The minimum absolute atomic E-state index is 0.849. The van der Waals surface area contributed by atoms with Crippen LogP contribution in [-0.4, -0.2) is 0 Å². The summed E-state index contributed by atoms with van der Waals surface area (Å²) in [6.45, 7) is 0. The van der Waals surface area contributed by atoms with Crippen molar-refractivity contribution in [1.82, 2.24) is 0 Å². The molecule has 3 nitrogen and oxygen atoms in total. The van der Waals surface area contributed by atoms with Crippen molar-refractivity contribution in [3.63, 3.8) is 0 Å². The number of rotatable bonds is 5. The lowest BCUT2D eigenvalue weighted by Crippen LogP contribution is -2.12. The number of fused-ring (bicyclic) bond motifs is 9. The van der Waals surface area contributed by atoms with Crippen LogP contribution in [0.15, 0.2) is 185 Å². The van der Waals surface area contributed by atoms with Crippen LogP contribution in [0.2, 0.25) is 0 Å². The van der Waals surface area contributed by atoms with E-state index >= 15 is 0 Å². The Morgan fingerprint density at radius 3 is 1.71 bits per heavy atom. The highest BCUT2D eigenvalue weighted by molar-refractivity contribution is 7.26. The third-order valence-corrected chi connectivity index (χ3v) is 11.4. The van der Waals surface area contributed by atoms with Gasteiger partial charge in [0.2, 0.25) is 0 Å². The van der Waals surface area contributed by atoms with Crippen LogP contribution in [0.1, 0.15) is 0 Å². The van der Waals surface area contributed by atoms with Gasteiger partial charge < -0.3 is 13.7 Å². The summed E-state index contributed by atoms with van der Waals surface area (Å²) in [5, 5.41) is 6.75. The van der Waals surface area contributed by atoms with Crippen molar-refractivity contribution in [2.75, 3.05) is 4.90 Å². The van der Waals surface area contributed by atoms with E-state index in [4.69, 9.17) is 8.83 Å². The second-order valence-corrected chi connectivity index (χ2v) is 14.3. The van der Waals surface area contributed by atoms with Crippen molar-refractivity contribution < 1.29 is 8.83 Å². The van der Waals surface area contributed by atoms with E-state index < -0.39 is 0 Å². The zero-order chi connectivity index (χ0) is 34.2. The fourth-order valence-electron chi connectivity index (χ4n) is 8.04. The summed E-state index contributed by atoms with van der Waals surface area (Å²) >= 11 is 1.84. The Morgan fingerprint density at radius 2 is 0.942 bits per heavy atom. The van der Waals surface area contributed by atoms with Gasteiger partial charge in [-0.15, -0.1) is 11.3 Å². The van der Waals surface area contributed by atoms with E-state index in [1.807, 2.05) is 17.4 Å². The first-order chi connectivity index (χ1) is 25.8. The highest BCUT2D eigenvalue weighted by atomic mass is 32.1. The molecule has 0 amide bonds. The van der Waals surface area contributed by atoms with Crippen LogP contribution < -0.4 is 4.90 Å². The van der Waals surface area contributed by atoms with Crippen molar-refractivity contribution in [3.05, 3.63) is 176 Å². The predicted molar refractivity (Wildman–Crippen MR) is 219 cm³/mol. The molecule has 244 valence electrons. The fraction of sp³-hybridized carbons (Fsp3) is 0. The quantitative estimate of drug-likeness (QED) is 0.181. The second-order valence-electron chi connectivity index (χ2n) is 13.2. The van der Waals surface area contributed by atoms with E-state index in [1.165, 1.54) is 20.2 Å². The van der Waals surface area contributed by atoms with Crippen molar-refractivity contribution in [2.45, 2.75) is 0 Å². The Balaban J connectivity index is 1.36. The summed E-state index contributed by atoms with van der Waals surface area (Å²) in [7, 11) is 0. The highest BCUT2D eigenvalue weighted by Gasteiger charge is 2.29. The molecular weight excluding hydrogens is 655 g/mol. The Bertz CT molecular complexity index is 3130. The number of nitrogens with zero attached hydrogens (tertiary/aromatic N) is 1. The zero-order valence-corrected chi connectivity index (χ0v) is 28.7. The number of furan rings is 2. The Morgan fingerprint density at radius 1 is 0.365 bits per heavy atom. The van der Waals surface area contributed by atoms with E-state index in [2.05, 4.69) is 175 Å². The Labute approximate surface area is 303 Å². The normalized spacial score (nSPS) is 11.8. The topological polar surface area (TPSA) is 29.5 Å². The van der Waals surface area contributed by atoms with Crippen LogP contribution >= 0.6 is 11.3 Å². The number of hydrogen-bond acceptors (Lipinski definition) is 4. The van der Waals surface area contributed by atoms with Crippen molar-refractivity contribution in [3.8, 4) is 22.3 Å². The molecule has 0 atom stereocenters. The molecule has 4 heteroatoms. The van der Waals surface area contributed by atoms with Gasteiger partial charge in [0, 0.05) is 42.1 Å². The second kappa shape index (κ2) is 11.5. The molecule has 0 bridgehead atoms. The average molecular weight is 684 g/mol. The lowest BCUT2D eigenvalue weighted by Gasteiger charge is -2.30. The van der Waals surface area contributed by atoms with Crippen LogP contribution in [0, 0.1) is 0 Å². The van der Waals surface area contributed by atoms with Crippen molar-refractivity contribution in [1.29, 1.82) is 0 Å². The standard InChI is InChI=1S/C48H29NO2S/c1-3-14-30(15-4-1)32-27-29-43-46(36-20-9-12-25-42(36)52-43)47(32)49(37-21-13-24-41-44(37)34-18-7-10-22-39(34)50-41)38-28-26-33(31-16-5-2-6-17-31)48-45(38)35-19-8-11-23-40(35)51-48/h1-29H. The average Bonchev–Trinajstić information content (AvgIpc) is 3.91. The minimum atomic E-state index is 0.849. The summed E-state index contributed by atoms with van der Waals surface area (Å²) in [6, 6.07) is 62.4. The monoisotopic (exact) mass is 683 g/mol. The predicted octanol–water partition coefficient (Wildman–Crippen LogP) is 14.7. The Hall–Kier alpha value is -6.62. The molecule has 0 saturated carbocycles. The first kappa shape index (κ1) is 29.1. The summed E-state index contributed by atoms with van der Waals surface area (Å²) in [4.78, 5) is 2.49. The lowest BCUT2D eigenvalue weighted by atomic mass is 9.95. The maximum atomic E-state index is 6.86. The molecule has 0 aliphatic rings. The van der Waals surface area contributed by atoms with Gasteiger partial charge in [-0.3, -0.25) is 0 Å². The van der Waals surface area contributed by atoms with Crippen molar-refractivity contribution in [2.24, 2.45) is 0 Å². The van der Waals surface area contributed by atoms with Crippen LogP contribution in [0.4, 0.5) is 17.1 Å². The highest BCUT2D eigenvalue weighted by Crippen LogP contribution is 2.54. The zero-order valence-electron chi connectivity index (χ0n) is 27.9. The number of thiophene rings is 1.